The lowest BCUT2D eigenvalue weighted by molar-refractivity contribution is 1.08. The summed E-state index contributed by atoms with van der Waals surface area (Å²) in [6.07, 6.45) is 0. The molecule has 12 rings (SSSR count). The third-order valence-electron chi connectivity index (χ3n) is 11.2. The van der Waals surface area contributed by atoms with E-state index >= 15 is 0 Å². The van der Waals surface area contributed by atoms with Gasteiger partial charge in [0, 0.05) is 64.1 Å². The van der Waals surface area contributed by atoms with Gasteiger partial charge in [-0.3, -0.25) is 0 Å². The fourth-order valence-electron chi connectivity index (χ4n) is 8.52. The normalized spacial score (nSPS) is 11.9. The average molecular weight is 731 g/mol. The third-order valence-corrected chi connectivity index (χ3v) is 12.3. The number of hydrogen-bond donors (Lipinski definition) is 0. The monoisotopic (exact) mass is 730 g/mol. The molecule has 0 aliphatic heterocycles. The highest BCUT2D eigenvalue weighted by molar-refractivity contribution is 7.25. The van der Waals surface area contributed by atoms with E-state index < -0.39 is 0 Å². The van der Waals surface area contributed by atoms with Crippen LogP contribution in [-0.4, -0.2) is 19.5 Å². The maximum Gasteiger partial charge on any atom is 0.164 e. The molecule has 260 valence electrons. The maximum atomic E-state index is 5.11. The molecule has 0 saturated carbocycles. The number of aromatic nitrogens is 4. The number of hydrogen-bond acceptors (Lipinski definition) is 4. The van der Waals surface area contributed by atoms with Gasteiger partial charge in [-0.1, -0.05) is 146 Å². The topological polar surface area (TPSA) is 43.6 Å². The Bertz CT molecular complexity index is 3450. The highest BCUT2D eigenvalue weighted by Crippen LogP contribution is 2.42. The molecular weight excluding hydrogens is 701 g/mol. The Morgan fingerprint density at radius 2 is 0.857 bits per heavy atom. The van der Waals surface area contributed by atoms with Gasteiger partial charge in [0.15, 0.2) is 17.5 Å². The highest BCUT2D eigenvalue weighted by atomic mass is 32.1. The highest BCUT2D eigenvalue weighted by Gasteiger charge is 2.19. The molecule has 0 amide bonds. The molecule has 0 unspecified atom stereocenters. The van der Waals surface area contributed by atoms with Crippen molar-refractivity contribution in [2.45, 2.75) is 0 Å². The van der Waals surface area contributed by atoms with Crippen molar-refractivity contribution >= 4 is 85.6 Å². The van der Waals surface area contributed by atoms with Crippen LogP contribution in [0, 0.1) is 0 Å². The van der Waals surface area contributed by atoms with Crippen LogP contribution in [0.2, 0.25) is 0 Å². The minimum absolute atomic E-state index is 0.656. The molecule has 4 nitrogen and oxygen atoms in total. The minimum atomic E-state index is 0.656. The lowest BCUT2D eigenvalue weighted by Gasteiger charge is -2.12. The summed E-state index contributed by atoms with van der Waals surface area (Å²) in [5, 5.41) is 12.3. The number of thiophene rings is 1. The Kier molecular flexibility index (Phi) is 6.76. The molecule has 0 N–H and O–H groups in total. The quantitative estimate of drug-likeness (QED) is 0.181. The first-order valence-electron chi connectivity index (χ1n) is 18.8. The van der Waals surface area contributed by atoms with E-state index in [1.54, 1.807) is 0 Å². The summed E-state index contributed by atoms with van der Waals surface area (Å²) in [5.41, 5.74) is 6.51. The fraction of sp³-hybridized carbons (Fsp3) is 0. The van der Waals surface area contributed by atoms with Crippen LogP contribution in [0.3, 0.4) is 0 Å². The van der Waals surface area contributed by atoms with Gasteiger partial charge >= 0.3 is 0 Å². The van der Waals surface area contributed by atoms with E-state index in [0.29, 0.717) is 17.5 Å². The van der Waals surface area contributed by atoms with Crippen molar-refractivity contribution < 1.29 is 0 Å². The van der Waals surface area contributed by atoms with Crippen LogP contribution in [0.15, 0.2) is 182 Å². The second-order valence-electron chi connectivity index (χ2n) is 14.4. The Hall–Kier alpha value is -7.21. The zero-order chi connectivity index (χ0) is 36.7. The molecule has 5 heteroatoms. The van der Waals surface area contributed by atoms with E-state index in [1.165, 1.54) is 68.9 Å². The molecule has 0 radical (unpaired) electrons. The van der Waals surface area contributed by atoms with Gasteiger partial charge in [-0.2, -0.15) is 0 Å². The first-order valence-corrected chi connectivity index (χ1v) is 19.7. The smallest absolute Gasteiger partial charge is 0.164 e. The minimum Gasteiger partial charge on any atom is -0.308 e. The van der Waals surface area contributed by atoms with E-state index in [0.717, 1.165) is 27.8 Å². The number of rotatable bonds is 4. The molecule has 0 fully saturated rings. The number of benzene rings is 9. The summed E-state index contributed by atoms with van der Waals surface area (Å²) in [6, 6.07) is 65.1. The lowest BCUT2D eigenvalue weighted by Crippen LogP contribution is -2.00. The largest absolute Gasteiger partial charge is 0.308 e. The first kappa shape index (κ1) is 31.2. The standard InChI is InChI=1S/C51H30N4S/c1-2-13-34(14-3-1)49-52-50(36-19-18-31-10-4-5-15-35(31)28-36)54-51(53-49)37-22-27-45-44(29-37)41-26-23-38(30-46(41)56-45)55-47-39-16-8-6-11-32(39)20-24-42(47)43-25-21-33-12-7-9-17-40(33)48(43)55/h1-30H. The second-order valence-corrected chi connectivity index (χ2v) is 15.5. The molecule has 56 heavy (non-hydrogen) atoms. The van der Waals surface area contributed by atoms with Crippen molar-refractivity contribution in [2.24, 2.45) is 0 Å². The summed E-state index contributed by atoms with van der Waals surface area (Å²) in [4.78, 5) is 15.2. The van der Waals surface area contributed by atoms with Crippen LogP contribution < -0.4 is 0 Å². The molecule has 0 aliphatic carbocycles. The third kappa shape index (κ3) is 4.81. The van der Waals surface area contributed by atoms with Crippen molar-refractivity contribution in [3.05, 3.63) is 182 Å². The van der Waals surface area contributed by atoms with E-state index in [1.807, 2.05) is 29.5 Å². The van der Waals surface area contributed by atoms with Crippen LogP contribution in [0.25, 0.3) is 114 Å². The molecular formula is C51H30N4S. The molecule has 9 aromatic carbocycles. The van der Waals surface area contributed by atoms with Gasteiger partial charge in [0.05, 0.1) is 11.0 Å². The van der Waals surface area contributed by atoms with E-state index in [-0.39, 0.29) is 0 Å². The molecule has 0 bridgehead atoms. The Balaban J connectivity index is 1.05. The van der Waals surface area contributed by atoms with Crippen LogP contribution in [0.1, 0.15) is 0 Å². The van der Waals surface area contributed by atoms with E-state index in [9.17, 15) is 0 Å². The predicted octanol–water partition coefficient (Wildman–Crippen LogP) is 13.8. The molecule has 0 saturated heterocycles. The molecule has 3 aromatic heterocycles. The summed E-state index contributed by atoms with van der Waals surface area (Å²) in [6.45, 7) is 0. The van der Waals surface area contributed by atoms with Gasteiger partial charge in [0.25, 0.3) is 0 Å². The number of nitrogens with zero attached hydrogens (tertiary/aromatic N) is 4. The van der Waals surface area contributed by atoms with Crippen molar-refractivity contribution in [1.29, 1.82) is 0 Å². The van der Waals surface area contributed by atoms with Crippen molar-refractivity contribution in [1.82, 2.24) is 19.5 Å². The lowest BCUT2D eigenvalue weighted by atomic mass is 10.0. The van der Waals surface area contributed by atoms with Gasteiger partial charge in [-0.05, 0) is 57.9 Å². The first-order chi connectivity index (χ1) is 27.7. The van der Waals surface area contributed by atoms with Gasteiger partial charge in [0.1, 0.15) is 0 Å². The Morgan fingerprint density at radius 1 is 0.321 bits per heavy atom. The number of fused-ring (bicyclic) bond motifs is 11. The van der Waals surface area contributed by atoms with Gasteiger partial charge in [-0.25, -0.2) is 15.0 Å². The van der Waals surface area contributed by atoms with E-state index in [2.05, 4.69) is 168 Å². The Morgan fingerprint density at radius 3 is 1.55 bits per heavy atom. The second kappa shape index (κ2) is 12.2. The van der Waals surface area contributed by atoms with Gasteiger partial charge < -0.3 is 4.57 Å². The maximum absolute atomic E-state index is 5.11. The molecule has 12 aromatic rings. The predicted molar refractivity (Wildman–Crippen MR) is 236 cm³/mol. The van der Waals surface area contributed by atoms with Crippen LogP contribution in [0.5, 0.6) is 0 Å². The SMILES string of the molecule is c1ccc(-c2nc(-c3ccc4ccccc4c3)nc(-c3ccc4sc5cc(-n6c7c8ccccc8ccc7c7ccc8ccccc8c76)ccc5c4c3)n2)cc1. The van der Waals surface area contributed by atoms with Gasteiger partial charge in [-0.15, -0.1) is 11.3 Å². The van der Waals surface area contributed by atoms with Crippen LogP contribution in [-0.2, 0) is 0 Å². The van der Waals surface area contributed by atoms with Gasteiger partial charge in [0.2, 0.25) is 0 Å². The van der Waals surface area contributed by atoms with Crippen molar-refractivity contribution in [2.75, 3.05) is 0 Å². The van der Waals surface area contributed by atoms with Crippen LogP contribution in [0.4, 0.5) is 0 Å². The average Bonchev–Trinajstić information content (AvgIpc) is 3.82. The van der Waals surface area contributed by atoms with Crippen molar-refractivity contribution in [3.8, 4) is 39.9 Å². The zero-order valence-electron chi connectivity index (χ0n) is 30.0. The Labute approximate surface area is 325 Å². The van der Waals surface area contributed by atoms with E-state index in [4.69, 9.17) is 15.0 Å². The zero-order valence-corrected chi connectivity index (χ0v) is 30.8. The molecule has 0 spiro atoms. The fourth-order valence-corrected chi connectivity index (χ4v) is 9.64. The summed E-state index contributed by atoms with van der Waals surface area (Å²) < 4.78 is 4.96. The summed E-state index contributed by atoms with van der Waals surface area (Å²) >= 11 is 1.83. The molecule has 0 aliphatic rings. The summed E-state index contributed by atoms with van der Waals surface area (Å²) in [7, 11) is 0. The van der Waals surface area contributed by atoms with Crippen molar-refractivity contribution in [3.63, 3.8) is 0 Å². The molecule has 3 heterocycles. The summed E-state index contributed by atoms with van der Waals surface area (Å²) in [5.74, 6) is 1.97. The molecule has 0 atom stereocenters. The van der Waals surface area contributed by atoms with Crippen LogP contribution >= 0.6 is 11.3 Å².